The first-order valence-corrected chi connectivity index (χ1v) is 18.6. The van der Waals surface area contributed by atoms with E-state index in [9.17, 15) is 20.2 Å². The number of azo groups is 2. The minimum Gasteiger partial charge on any atom is -0.491 e. The molecule has 0 fully saturated rings. The molecule has 0 aromatic heterocycles. The molecule has 2 atom stereocenters. The van der Waals surface area contributed by atoms with E-state index in [1.165, 1.54) is 6.07 Å². The van der Waals surface area contributed by atoms with Crippen LogP contribution in [-0.2, 0) is 0 Å². The largest absolute Gasteiger partial charge is 0.491 e. The van der Waals surface area contributed by atoms with Crippen molar-refractivity contribution in [2.45, 2.75) is 99.8 Å². The van der Waals surface area contributed by atoms with E-state index in [0.29, 0.717) is 53.6 Å². The average molecular weight is 718 g/mol. The number of rotatable bonds is 23. The van der Waals surface area contributed by atoms with Gasteiger partial charge in [-0.25, -0.2) is 0 Å². The van der Waals surface area contributed by atoms with Crippen LogP contribution >= 0.6 is 0 Å². The Kier molecular flexibility index (Phi) is 17.1. The highest BCUT2D eigenvalue weighted by atomic mass is 16.6. The molecule has 0 amide bonds. The molecule has 0 aliphatic heterocycles. The maximum atomic E-state index is 11.8. The van der Waals surface area contributed by atoms with E-state index in [2.05, 4.69) is 67.9 Å². The van der Waals surface area contributed by atoms with Gasteiger partial charge in [-0.2, -0.15) is 10.2 Å². The van der Waals surface area contributed by atoms with E-state index in [1.54, 1.807) is 12.1 Å². The summed E-state index contributed by atoms with van der Waals surface area (Å²) in [5.74, 6) is 1.44. The molecule has 3 aromatic carbocycles. The number of hydrogen-bond acceptors (Lipinski definition) is 11. The molecule has 0 saturated carbocycles. The topological polar surface area (TPSA) is 157 Å². The number of anilines is 1. The Bertz CT molecular complexity index is 1630. The molecule has 0 saturated heterocycles. The molecule has 0 bridgehead atoms. The summed E-state index contributed by atoms with van der Waals surface area (Å²) in [4.78, 5) is 23.9. The number of unbranched alkanes of at least 4 members (excludes halogenated alkanes) is 2. The summed E-state index contributed by atoms with van der Waals surface area (Å²) in [5.41, 5.74) is 2.49. The molecule has 13 nitrogen and oxygen atoms in total. The smallest absolute Gasteiger partial charge is 0.303 e. The zero-order chi connectivity index (χ0) is 38.0. The Hall–Kier alpha value is -4.94. The van der Waals surface area contributed by atoms with E-state index in [-0.39, 0.29) is 5.69 Å². The standard InChI is InChI=1S/C39H55N7O6/c1-8-14-16-29(10-3)26-51-37-23-31(40-42-35-21-19-33(45(47)48)25-36(35)46(49)50)24-38(52-27-30(11-4)17-15-9-2)39(37)43-41-34-20-18-32(22-28(34)7)44(12-5)13-6/h18-25,29-30H,8-17,26-27H2,1-7H3. The summed E-state index contributed by atoms with van der Waals surface area (Å²) in [6.45, 7) is 17.6. The zero-order valence-electron chi connectivity index (χ0n) is 31.8. The van der Waals surface area contributed by atoms with Crippen LogP contribution in [0.15, 0.2) is 69.0 Å². The maximum Gasteiger partial charge on any atom is 0.303 e. The van der Waals surface area contributed by atoms with Crippen LogP contribution in [-0.4, -0.2) is 36.1 Å². The third kappa shape index (κ3) is 12.1. The van der Waals surface area contributed by atoms with Gasteiger partial charge in [-0.1, -0.05) is 66.2 Å². The van der Waals surface area contributed by atoms with Gasteiger partial charge in [-0.15, -0.1) is 10.2 Å². The Morgan fingerprint density at radius 1 is 0.692 bits per heavy atom. The number of ether oxygens (including phenoxy) is 2. The molecule has 2 unspecified atom stereocenters. The fourth-order valence-corrected chi connectivity index (χ4v) is 5.77. The molecule has 0 heterocycles. The van der Waals surface area contributed by atoms with Crippen LogP contribution in [0.2, 0.25) is 0 Å². The lowest BCUT2D eigenvalue weighted by Gasteiger charge is -2.21. The molecule has 282 valence electrons. The second kappa shape index (κ2) is 21.4. The van der Waals surface area contributed by atoms with Crippen molar-refractivity contribution in [1.29, 1.82) is 0 Å². The molecule has 0 aliphatic rings. The number of benzene rings is 3. The van der Waals surface area contributed by atoms with Crippen molar-refractivity contribution in [3.63, 3.8) is 0 Å². The van der Waals surface area contributed by atoms with Crippen molar-refractivity contribution in [3.8, 4) is 11.5 Å². The SMILES string of the molecule is CCCCC(CC)COc1cc(N=Nc2ccc([N+](=O)[O-])cc2[N+](=O)[O-])cc(OCC(CC)CCCC)c1N=Nc1ccc(N(CC)CC)cc1C. The third-order valence-corrected chi connectivity index (χ3v) is 9.27. The molecule has 0 spiro atoms. The third-order valence-electron chi connectivity index (χ3n) is 9.27. The van der Waals surface area contributed by atoms with Crippen LogP contribution < -0.4 is 14.4 Å². The van der Waals surface area contributed by atoms with Crippen molar-refractivity contribution >= 4 is 39.8 Å². The Balaban J connectivity index is 2.16. The summed E-state index contributed by atoms with van der Waals surface area (Å²) in [5, 5.41) is 41.0. The van der Waals surface area contributed by atoms with Crippen molar-refractivity contribution in [3.05, 3.63) is 74.3 Å². The van der Waals surface area contributed by atoms with Gasteiger partial charge in [-0.05, 0) is 75.3 Å². The van der Waals surface area contributed by atoms with Crippen molar-refractivity contribution in [2.24, 2.45) is 32.3 Å². The van der Waals surface area contributed by atoms with E-state index < -0.39 is 21.2 Å². The molecule has 0 radical (unpaired) electrons. The van der Waals surface area contributed by atoms with Crippen LogP contribution in [0.1, 0.15) is 98.5 Å². The van der Waals surface area contributed by atoms with Gasteiger partial charge in [0.1, 0.15) is 0 Å². The summed E-state index contributed by atoms with van der Waals surface area (Å²) in [7, 11) is 0. The first-order chi connectivity index (χ1) is 25.1. The van der Waals surface area contributed by atoms with Gasteiger partial charge in [0.05, 0.1) is 40.5 Å². The summed E-state index contributed by atoms with van der Waals surface area (Å²) in [6, 6.07) is 12.7. The Morgan fingerprint density at radius 3 is 1.73 bits per heavy atom. The lowest BCUT2D eigenvalue weighted by molar-refractivity contribution is -0.393. The Morgan fingerprint density at radius 2 is 1.25 bits per heavy atom. The van der Waals surface area contributed by atoms with E-state index >= 15 is 0 Å². The fraction of sp³-hybridized carbons (Fsp3) is 0.538. The van der Waals surface area contributed by atoms with Gasteiger partial charge in [0, 0.05) is 37.0 Å². The highest BCUT2D eigenvalue weighted by molar-refractivity contribution is 5.69. The van der Waals surface area contributed by atoms with Gasteiger partial charge in [-0.3, -0.25) is 20.2 Å². The number of nitro groups is 2. The fourth-order valence-electron chi connectivity index (χ4n) is 5.77. The lowest BCUT2D eigenvalue weighted by atomic mass is 10.0. The monoisotopic (exact) mass is 717 g/mol. The lowest BCUT2D eigenvalue weighted by Crippen LogP contribution is -2.21. The number of nitrogens with zero attached hydrogens (tertiary/aromatic N) is 7. The molecule has 3 rings (SSSR count). The van der Waals surface area contributed by atoms with Gasteiger partial charge in [0.15, 0.2) is 22.9 Å². The average Bonchev–Trinajstić information content (AvgIpc) is 3.14. The molecular formula is C39H55N7O6. The van der Waals surface area contributed by atoms with Crippen molar-refractivity contribution in [1.82, 2.24) is 0 Å². The number of aryl methyl sites for hydroxylation is 1. The zero-order valence-corrected chi connectivity index (χ0v) is 31.8. The van der Waals surface area contributed by atoms with Crippen LogP contribution in [0.5, 0.6) is 11.5 Å². The maximum absolute atomic E-state index is 11.8. The predicted octanol–water partition coefficient (Wildman–Crippen LogP) is 12.7. The van der Waals surface area contributed by atoms with Gasteiger partial charge in [0.2, 0.25) is 0 Å². The van der Waals surface area contributed by atoms with E-state index in [4.69, 9.17) is 14.6 Å². The summed E-state index contributed by atoms with van der Waals surface area (Å²) >= 11 is 0. The summed E-state index contributed by atoms with van der Waals surface area (Å²) in [6.07, 6.45) is 8.26. The van der Waals surface area contributed by atoms with Crippen molar-refractivity contribution < 1.29 is 19.3 Å². The molecule has 3 aromatic rings. The van der Waals surface area contributed by atoms with Crippen molar-refractivity contribution in [2.75, 3.05) is 31.2 Å². The van der Waals surface area contributed by atoms with Crippen LogP contribution in [0.3, 0.4) is 0 Å². The quantitative estimate of drug-likeness (QED) is 0.0536. The van der Waals surface area contributed by atoms with Gasteiger partial charge < -0.3 is 14.4 Å². The minimum absolute atomic E-state index is 0.121. The van der Waals surface area contributed by atoms with E-state index in [1.807, 2.05) is 19.1 Å². The van der Waals surface area contributed by atoms with Gasteiger partial charge in [0.25, 0.3) is 5.69 Å². The highest BCUT2D eigenvalue weighted by Gasteiger charge is 2.21. The molecule has 0 N–H and O–H groups in total. The second-order valence-corrected chi connectivity index (χ2v) is 13.0. The normalized spacial score (nSPS) is 12.7. The molecule has 13 heteroatoms. The second-order valence-electron chi connectivity index (χ2n) is 13.0. The minimum atomic E-state index is -0.715. The first-order valence-electron chi connectivity index (χ1n) is 18.6. The van der Waals surface area contributed by atoms with Gasteiger partial charge >= 0.3 is 5.69 Å². The molecule has 0 aliphatic carbocycles. The number of hydrogen-bond donors (Lipinski definition) is 0. The predicted molar refractivity (Wildman–Crippen MR) is 207 cm³/mol. The number of non-ortho nitro benzene ring substituents is 1. The van der Waals surface area contributed by atoms with Crippen LogP contribution in [0.25, 0.3) is 0 Å². The van der Waals surface area contributed by atoms with Crippen LogP contribution in [0.4, 0.5) is 39.8 Å². The number of nitro benzene ring substituents is 2. The van der Waals surface area contributed by atoms with E-state index in [0.717, 1.165) is 87.8 Å². The Labute approximate surface area is 307 Å². The summed E-state index contributed by atoms with van der Waals surface area (Å²) < 4.78 is 13.0. The molecular weight excluding hydrogens is 662 g/mol. The first kappa shape index (κ1) is 41.5. The van der Waals surface area contributed by atoms with Crippen LogP contribution in [0, 0.1) is 39.0 Å². The molecule has 52 heavy (non-hydrogen) atoms. The highest BCUT2D eigenvalue weighted by Crippen LogP contribution is 2.44.